The summed E-state index contributed by atoms with van der Waals surface area (Å²) >= 11 is 9.16. The zero-order chi connectivity index (χ0) is 18.3. The molecule has 0 aliphatic carbocycles. The predicted octanol–water partition coefficient (Wildman–Crippen LogP) is 3.78. The molecule has 0 unspecified atom stereocenters. The number of benzene rings is 1. The number of hydrogen-bond acceptors (Lipinski definition) is 5. The SMILES string of the molecule is C[C@]12CCC(=O)N1[C@H](C(=O)Nc1ncc(Cc3cccc(Cl)c3)s1)CS2. The van der Waals surface area contributed by atoms with Crippen LogP contribution in [0.5, 0.6) is 0 Å². The van der Waals surface area contributed by atoms with Gasteiger partial charge in [-0.05, 0) is 31.0 Å². The minimum Gasteiger partial charge on any atom is -0.315 e. The van der Waals surface area contributed by atoms with Crippen LogP contribution in [0.25, 0.3) is 0 Å². The van der Waals surface area contributed by atoms with Crippen molar-refractivity contribution in [2.45, 2.75) is 37.1 Å². The van der Waals surface area contributed by atoms with Crippen molar-refractivity contribution in [2.24, 2.45) is 0 Å². The topological polar surface area (TPSA) is 62.3 Å². The average molecular weight is 408 g/mol. The number of hydrogen-bond donors (Lipinski definition) is 1. The van der Waals surface area contributed by atoms with Crippen molar-refractivity contribution in [2.75, 3.05) is 11.1 Å². The normalized spacial score (nSPS) is 24.8. The van der Waals surface area contributed by atoms with E-state index in [1.807, 2.05) is 31.2 Å². The summed E-state index contributed by atoms with van der Waals surface area (Å²) in [6.45, 7) is 2.04. The fourth-order valence-electron chi connectivity index (χ4n) is 3.50. The zero-order valence-corrected chi connectivity index (χ0v) is 16.6. The molecule has 2 fully saturated rings. The average Bonchev–Trinajstić information content (AvgIpc) is 3.24. The summed E-state index contributed by atoms with van der Waals surface area (Å²) < 4.78 is 0. The van der Waals surface area contributed by atoms with E-state index in [-0.39, 0.29) is 16.7 Å². The molecular formula is C18H18ClN3O2S2. The number of nitrogens with one attached hydrogen (secondary N) is 1. The van der Waals surface area contributed by atoms with Gasteiger partial charge >= 0.3 is 0 Å². The molecule has 2 atom stereocenters. The largest absolute Gasteiger partial charge is 0.315 e. The minimum atomic E-state index is -0.416. The fraction of sp³-hybridized carbons (Fsp3) is 0.389. The summed E-state index contributed by atoms with van der Waals surface area (Å²) in [5, 5.41) is 4.16. The second-order valence-electron chi connectivity index (χ2n) is 6.69. The van der Waals surface area contributed by atoms with Gasteiger partial charge < -0.3 is 10.2 Å². The number of thioether (sulfide) groups is 1. The fourth-order valence-corrected chi connectivity index (χ4v) is 5.99. The molecule has 26 heavy (non-hydrogen) atoms. The molecule has 2 aromatic rings. The Kier molecular flexibility index (Phi) is 4.71. The van der Waals surface area contributed by atoms with Crippen LogP contribution in [0.15, 0.2) is 30.5 Å². The number of nitrogens with zero attached hydrogens (tertiary/aromatic N) is 2. The number of rotatable bonds is 4. The van der Waals surface area contributed by atoms with Crippen LogP contribution in [0.3, 0.4) is 0 Å². The van der Waals surface area contributed by atoms with Gasteiger partial charge in [0.15, 0.2) is 5.13 Å². The van der Waals surface area contributed by atoms with Gasteiger partial charge in [-0.25, -0.2) is 4.98 Å². The Morgan fingerprint density at radius 2 is 2.35 bits per heavy atom. The lowest BCUT2D eigenvalue weighted by Gasteiger charge is -2.29. The van der Waals surface area contributed by atoms with Gasteiger partial charge in [0.05, 0.1) is 4.87 Å². The van der Waals surface area contributed by atoms with Crippen molar-refractivity contribution in [3.05, 3.63) is 45.9 Å². The first-order valence-electron chi connectivity index (χ1n) is 8.41. The van der Waals surface area contributed by atoms with Crippen molar-refractivity contribution in [1.29, 1.82) is 0 Å². The third kappa shape index (κ3) is 3.35. The number of aromatic nitrogens is 1. The molecule has 2 saturated heterocycles. The smallest absolute Gasteiger partial charge is 0.249 e. The van der Waals surface area contributed by atoms with Gasteiger partial charge in [0, 0.05) is 34.7 Å². The standard InChI is InChI=1S/C18H18ClN3O2S2/c1-18-6-5-15(23)22(18)14(10-25-18)16(24)21-17-20-9-13(26-17)8-11-3-2-4-12(19)7-11/h2-4,7,9,14H,5-6,8,10H2,1H3,(H,20,21,24)/t14-,18-/m0/s1. The van der Waals surface area contributed by atoms with Crippen LogP contribution >= 0.6 is 34.7 Å². The Bertz CT molecular complexity index is 872. The van der Waals surface area contributed by atoms with Gasteiger partial charge in [0.25, 0.3) is 0 Å². The van der Waals surface area contributed by atoms with E-state index in [1.165, 1.54) is 11.3 Å². The number of fused-ring (bicyclic) bond motifs is 1. The van der Waals surface area contributed by atoms with Crippen molar-refractivity contribution < 1.29 is 9.59 Å². The van der Waals surface area contributed by atoms with Gasteiger partial charge in [0.2, 0.25) is 11.8 Å². The van der Waals surface area contributed by atoms with E-state index in [0.717, 1.165) is 23.3 Å². The van der Waals surface area contributed by atoms with Gasteiger partial charge in [-0.2, -0.15) is 0 Å². The Labute approximate surface area is 165 Å². The molecule has 0 radical (unpaired) electrons. The number of halogens is 1. The molecule has 136 valence electrons. The van der Waals surface area contributed by atoms with Crippen LogP contribution in [0.1, 0.15) is 30.2 Å². The van der Waals surface area contributed by atoms with Crippen molar-refractivity contribution in [3.63, 3.8) is 0 Å². The summed E-state index contributed by atoms with van der Waals surface area (Å²) in [5.41, 5.74) is 1.10. The maximum atomic E-state index is 12.7. The van der Waals surface area contributed by atoms with E-state index in [0.29, 0.717) is 22.3 Å². The van der Waals surface area contributed by atoms with Gasteiger partial charge in [-0.3, -0.25) is 9.59 Å². The van der Waals surface area contributed by atoms with E-state index in [4.69, 9.17) is 11.6 Å². The van der Waals surface area contributed by atoms with Gasteiger partial charge in [-0.1, -0.05) is 23.7 Å². The Morgan fingerprint density at radius 1 is 1.50 bits per heavy atom. The molecule has 3 heterocycles. The van der Waals surface area contributed by atoms with Gasteiger partial charge in [-0.15, -0.1) is 23.1 Å². The molecule has 5 nitrogen and oxygen atoms in total. The van der Waals surface area contributed by atoms with E-state index < -0.39 is 6.04 Å². The van der Waals surface area contributed by atoms with Crippen molar-refractivity contribution >= 4 is 51.6 Å². The van der Waals surface area contributed by atoms with Crippen LogP contribution in [-0.2, 0) is 16.0 Å². The predicted molar refractivity (Wildman–Crippen MR) is 106 cm³/mol. The monoisotopic (exact) mass is 407 g/mol. The first-order valence-corrected chi connectivity index (χ1v) is 10.6. The highest BCUT2D eigenvalue weighted by Crippen LogP contribution is 2.47. The Hall–Kier alpha value is -1.57. The first kappa shape index (κ1) is 17.8. The second kappa shape index (κ2) is 6.87. The molecule has 2 amide bonds. The third-order valence-corrected chi connectivity index (χ3v) is 7.45. The maximum absolute atomic E-state index is 12.7. The minimum absolute atomic E-state index is 0.0680. The Morgan fingerprint density at radius 3 is 3.15 bits per heavy atom. The number of thiazole rings is 1. The number of anilines is 1. The van der Waals surface area contributed by atoms with Crippen LogP contribution in [-0.4, -0.2) is 38.4 Å². The third-order valence-electron chi connectivity index (χ3n) is 4.80. The van der Waals surface area contributed by atoms with Crippen molar-refractivity contribution in [1.82, 2.24) is 9.88 Å². The molecule has 4 rings (SSSR count). The second-order valence-corrected chi connectivity index (χ2v) is 9.75. The number of carbonyl (C=O) groups excluding carboxylic acids is 2. The first-order chi connectivity index (χ1) is 12.4. The van der Waals surface area contributed by atoms with Crippen molar-refractivity contribution in [3.8, 4) is 0 Å². The van der Waals surface area contributed by atoms with E-state index in [2.05, 4.69) is 10.3 Å². The lowest BCUT2D eigenvalue weighted by Crippen LogP contribution is -2.48. The maximum Gasteiger partial charge on any atom is 0.249 e. The van der Waals surface area contributed by atoms with Crippen LogP contribution in [0.2, 0.25) is 5.02 Å². The molecule has 8 heteroatoms. The summed E-state index contributed by atoms with van der Waals surface area (Å²) in [4.78, 5) is 31.7. The Balaban J connectivity index is 1.43. The highest BCUT2D eigenvalue weighted by molar-refractivity contribution is 8.01. The molecular weight excluding hydrogens is 390 g/mol. The number of amides is 2. The van der Waals surface area contributed by atoms with E-state index >= 15 is 0 Å². The molecule has 0 saturated carbocycles. The summed E-state index contributed by atoms with van der Waals surface area (Å²) in [7, 11) is 0. The zero-order valence-electron chi connectivity index (χ0n) is 14.2. The lowest BCUT2D eigenvalue weighted by atomic mass is 10.1. The van der Waals surface area contributed by atoms with E-state index in [9.17, 15) is 9.59 Å². The summed E-state index contributed by atoms with van der Waals surface area (Å²) in [5.74, 6) is 0.549. The van der Waals surface area contributed by atoms with Crippen LogP contribution in [0.4, 0.5) is 5.13 Å². The highest BCUT2D eigenvalue weighted by Gasteiger charge is 2.52. The molecule has 1 N–H and O–H groups in total. The number of carbonyl (C=O) groups is 2. The molecule has 2 aliphatic rings. The lowest BCUT2D eigenvalue weighted by molar-refractivity contribution is -0.135. The summed E-state index contributed by atoms with van der Waals surface area (Å²) in [6.07, 6.45) is 3.82. The molecule has 2 aliphatic heterocycles. The molecule has 1 aromatic carbocycles. The molecule has 1 aromatic heterocycles. The quantitative estimate of drug-likeness (QED) is 0.837. The molecule has 0 spiro atoms. The molecule has 0 bridgehead atoms. The van der Waals surface area contributed by atoms with Crippen LogP contribution in [0, 0.1) is 0 Å². The van der Waals surface area contributed by atoms with Gasteiger partial charge in [0.1, 0.15) is 6.04 Å². The van der Waals surface area contributed by atoms with Crippen LogP contribution < -0.4 is 5.32 Å². The van der Waals surface area contributed by atoms with E-state index in [1.54, 1.807) is 22.9 Å². The highest BCUT2D eigenvalue weighted by atomic mass is 35.5. The summed E-state index contributed by atoms with van der Waals surface area (Å²) in [6, 6.07) is 7.29.